The summed E-state index contributed by atoms with van der Waals surface area (Å²) >= 11 is 5.38. The lowest BCUT2D eigenvalue weighted by molar-refractivity contribution is 0.0858. The zero-order valence-corrected chi connectivity index (χ0v) is 9.87. The van der Waals surface area contributed by atoms with Crippen LogP contribution in [0.1, 0.15) is 0 Å². The highest BCUT2D eigenvalue weighted by Gasteiger charge is 2.06. The molecule has 94 valence electrons. The van der Waals surface area contributed by atoms with E-state index < -0.39 is 11.9 Å². The van der Waals surface area contributed by atoms with E-state index in [0.717, 1.165) is 0 Å². The predicted octanol–water partition coefficient (Wildman–Crippen LogP) is 2.63. The van der Waals surface area contributed by atoms with Crippen molar-refractivity contribution in [1.29, 1.82) is 0 Å². The predicted molar refractivity (Wildman–Crippen MR) is 62.9 cm³/mol. The Morgan fingerprint density at radius 1 is 1.29 bits per heavy atom. The van der Waals surface area contributed by atoms with Gasteiger partial charge in [-0.2, -0.15) is 0 Å². The molecule has 0 heterocycles. The summed E-state index contributed by atoms with van der Waals surface area (Å²) < 4.78 is 22.9. The van der Waals surface area contributed by atoms with Crippen LogP contribution in [0.5, 0.6) is 0 Å². The smallest absolute Gasteiger partial charge is 0.411 e. The van der Waals surface area contributed by atoms with Crippen LogP contribution >= 0.6 is 11.6 Å². The first kappa shape index (κ1) is 13.7. The van der Waals surface area contributed by atoms with E-state index >= 15 is 0 Å². The molecule has 0 aromatic heterocycles. The number of hydrogen-bond donors (Lipinski definition) is 1. The topological polar surface area (TPSA) is 47.6 Å². The quantitative estimate of drug-likeness (QED) is 0.633. The molecule has 4 nitrogen and oxygen atoms in total. The zero-order chi connectivity index (χ0) is 12.5. The molecule has 0 atom stereocenters. The van der Waals surface area contributed by atoms with Crippen LogP contribution < -0.4 is 5.32 Å². The lowest BCUT2D eigenvalue weighted by Gasteiger charge is -2.07. The molecule has 0 radical (unpaired) electrons. The number of nitrogens with one attached hydrogen (secondary N) is 1. The van der Waals surface area contributed by atoms with Crippen molar-refractivity contribution in [1.82, 2.24) is 0 Å². The molecule has 0 aliphatic rings. The van der Waals surface area contributed by atoms with Gasteiger partial charge in [-0.25, -0.2) is 9.18 Å². The number of hydrogen-bond acceptors (Lipinski definition) is 3. The Balaban J connectivity index is 2.23. The first-order chi connectivity index (χ1) is 8.24. The highest BCUT2D eigenvalue weighted by atomic mass is 35.5. The fourth-order valence-electron chi connectivity index (χ4n) is 1.06. The van der Waals surface area contributed by atoms with Crippen molar-refractivity contribution in [2.24, 2.45) is 0 Å². The van der Waals surface area contributed by atoms with Crippen LogP contribution in [-0.4, -0.2) is 31.8 Å². The van der Waals surface area contributed by atoms with Crippen LogP contribution in [0.2, 0.25) is 0 Å². The monoisotopic (exact) mass is 261 g/mol. The number of alkyl halides is 1. The number of carbonyl (C=O) groups excluding carboxylic acids is 1. The van der Waals surface area contributed by atoms with Crippen LogP contribution in [0.25, 0.3) is 0 Å². The highest BCUT2D eigenvalue weighted by Crippen LogP contribution is 2.12. The molecule has 1 N–H and O–H groups in total. The molecule has 0 aliphatic heterocycles. The fraction of sp³-hybridized carbons (Fsp3) is 0.364. The van der Waals surface area contributed by atoms with E-state index in [1.165, 1.54) is 18.2 Å². The summed E-state index contributed by atoms with van der Waals surface area (Å²) in [4.78, 5) is 11.2. The van der Waals surface area contributed by atoms with Gasteiger partial charge in [0.25, 0.3) is 0 Å². The Morgan fingerprint density at radius 3 is 2.76 bits per heavy atom. The van der Waals surface area contributed by atoms with Gasteiger partial charge in [-0.1, -0.05) is 12.1 Å². The zero-order valence-electron chi connectivity index (χ0n) is 9.12. The first-order valence-corrected chi connectivity index (χ1v) is 5.59. The lowest BCUT2D eigenvalue weighted by Crippen LogP contribution is -2.17. The van der Waals surface area contributed by atoms with Gasteiger partial charge in [0, 0.05) is 5.88 Å². The number of ether oxygens (including phenoxy) is 2. The Hall–Kier alpha value is -1.33. The summed E-state index contributed by atoms with van der Waals surface area (Å²) in [6, 6.07) is 5.84. The summed E-state index contributed by atoms with van der Waals surface area (Å²) in [7, 11) is 0. The van der Waals surface area contributed by atoms with Crippen LogP contribution in [-0.2, 0) is 9.47 Å². The van der Waals surface area contributed by atoms with Crippen molar-refractivity contribution in [3.63, 3.8) is 0 Å². The molecule has 0 fully saturated rings. The molecule has 0 unspecified atom stereocenters. The average Bonchev–Trinajstić information content (AvgIpc) is 2.32. The Morgan fingerprint density at radius 2 is 2.06 bits per heavy atom. The van der Waals surface area contributed by atoms with Crippen LogP contribution in [0.3, 0.4) is 0 Å². The number of benzene rings is 1. The minimum atomic E-state index is -0.718. The Kier molecular flexibility index (Phi) is 6.35. The fourth-order valence-corrected chi connectivity index (χ4v) is 1.17. The van der Waals surface area contributed by atoms with Crippen molar-refractivity contribution in [2.75, 3.05) is 31.0 Å². The van der Waals surface area contributed by atoms with Crippen molar-refractivity contribution < 1.29 is 18.7 Å². The molecule has 6 heteroatoms. The van der Waals surface area contributed by atoms with E-state index in [2.05, 4.69) is 5.32 Å². The van der Waals surface area contributed by atoms with Gasteiger partial charge in [0.2, 0.25) is 0 Å². The number of rotatable bonds is 6. The molecule has 1 aromatic carbocycles. The minimum Gasteiger partial charge on any atom is -0.447 e. The highest BCUT2D eigenvalue weighted by molar-refractivity contribution is 6.17. The van der Waals surface area contributed by atoms with Crippen LogP contribution in [0.15, 0.2) is 24.3 Å². The summed E-state index contributed by atoms with van der Waals surface area (Å²) in [5.41, 5.74) is 0.0826. The molecule has 0 bridgehead atoms. The molecule has 0 saturated heterocycles. The van der Waals surface area contributed by atoms with Crippen LogP contribution in [0, 0.1) is 5.82 Å². The third kappa shape index (κ3) is 5.51. The Bertz CT molecular complexity index is 362. The lowest BCUT2D eigenvalue weighted by atomic mass is 10.3. The summed E-state index contributed by atoms with van der Waals surface area (Å²) in [6.07, 6.45) is -0.718. The average molecular weight is 262 g/mol. The van der Waals surface area contributed by atoms with E-state index in [4.69, 9.17) is 21.1 Å². The van der Waals surface area contributed by atoms with E-state index in [1.807, 2.05) is 0 Å². The van der Waals surface area contributed by atoms with E-state index in [1.54, 1.807) is 6.07 Å². The second-order valence-electron chi connectivity index (χ2n) is 3.04. The summed E-state index contributed by atoms with van der Waals surface area (Å²) in [6.45, 7) is 0.758. The molecular weight excluding hydrogens is 249 g/mol. The normalized spacial score (nSPS) is 10.0. The summed E-state index contributed by atoms with van der Waals surface area (Å²) in [5, 5.41) is 2.28. The molecule has 1 amide bonds. The second kappa shape index (κ2) is 7.86. The first-order valence-electron chi connectivity index (χ1n) is 5.06. The van der Waals surface area contributed by atoms with Gasteiger partial charge in [-0.05, 0) is 12.1 Å². The number of para-hydroxylation sites is 1. The molecule has 1 aromatic rings. The summed E-state index contributed by atoms with van der Waals surface area (Å²) in [5.74, 6) is -0.121. The van der Waals surface area contributed by atoms with E-state index in [9.17, 15) is 9.18 Å². The Labute approximate surface area is 104 Å². The SMILES string of the molecule is O=C(Nc1ccccc1F)OCCOCCCl. The maximum absolute atomic E-state index is 13.1. The third-order valence-corrected chi connectivity index (χ3v) is 1.95. The van der Waals surface area contributed by atoms with Gasteiger partial charge in [-0.3, -0.25) is 5.32 Å². The second-order valence-corrected chi connectivity index (χ2v) is 3.42. The third-order valence-electron chi connectivity index (χ3n) is 1.79. The molecule has 0 saturated carbocycles. The van der Waals surface area contributed by atoms with Crippen LogP contribution in [0.4, 0.5) is 14.9 Å². The minimum absolute atomic E-state index is 0.0826. The van der Waals surface area contributed by atoms with E-state index in [0.29, 0.717) is 12.5 Å². The van der Waals surface area contributed by atoms with Gasteiger partial charge in [0.15, 0.2) is 0 Å². The number of halogens is 2. The largest absolute Gasteiger partial charge is 0.447 e. The van der Waals surface area contributed by atoms with Gasteiger partial charge >= 0.3 is 6.09 Å². The maximum Gasteiger partial charge on any atom is 0.411 e. The van der Waals surface area contributed by atoms with Gasteiger partial charge in [0.1, 0.15) is 12.4 Å². The van der Waals surface area contributed by atoms with Crippen molar-refractivity contribution in [3.05, 3.63) is 30.1 Å². The molecule has 17 heavy (non-hydrogen) atoms. The number of amides is 1. The van der Waals surface area contributed by atoms with E-state index in [-0.39, 0.29) is 18.9 Å². The van der Waals surface area contributed by atoms with Gasteiger partial charge in [0.05, 0.1) is 18.9 Å². The molecular formula is C11H13ClFNO3. The molecule has 0 spiro atoms. The van der Waals surface area contributed by atoms with Crippen molar-refractivity contribution in [3.8, 4) is 0 Å². The molecule has 1 rings (SSSR count). The van der Waals surface area contributed by atoms with Crippen molar-refractivity contribution >= 4 is 23.4 Å². The standard InChI is InChI=1S/C11H13ClFNO3/c12-5-6-16-7-8-17-11(15)14-10-4-2-1-3-9(10)13/h1-4H,5-8H2,(H,14,15). The van der Waals surface area contributed by atoms with Crippen molar-refractivity contribution in [2.45, 2.75) is 0 Å². The van der Waals surface area contributed by atoms with Gasteiger partial charge < -0.3 is 9.47 Å². The van der Waals surface area contributed by atoms with Gasteiger partial charge in [-0.15, -0.1) is 11.6 Å². The number of anilines is 1. The maximum atomic E-state index is 13.1. The molecule has 0 aliphatic carbocycles. The number of carbonyl (C=O) groups is 1.